The molecule has 1 saturated heterocycles. The van der Waals surface area contributed by atoms with Gasteiger partial charge in [-0.25, -0.2) is 9.18 Å². The Bertz CT molecular complexity index is 909. The molecule has 12 heteroatoms. The highest BCUT2D eigenvalue weighted by molar-refractivity contribution is 5.71. The van der Waals surface area contributed by atoms with Crippen molar-refractivity contribution in [2.45, 2.75) is 52.0 Å². The van der Waals surface area contributed by atoms with Gasteiger partial charge in [-0.15, -0.1) is 0 Å². The van der Waals surface area contributed by atoms with Crippen molar-refractivity contribution in [3.8, 4) is 0 Å². The van der Waals surface area contributed by atoms with Gasteiger partial charge in [-0.1, -0.05) is 13.8 Å². The zero-order valence-corrected chi connectivity index (χ0v) is 16.2. The second-order valence-corrected chi connectivity index (χ2v) is 6.68. The standard InChI is InChI=1S/C17H21FN2O9/c1-8(2)15(24)26-7-17(18)13(28-10(4)22)12(27-9(3)21)14(29-17)20-6-5-11(23)19-16(20)25/h5-6,8,12-14H,7H2,1-4H3,(H,19,23,25)/t12-,13+,14-,17-/m1/s1. The molecule has 4 atom stereocenters. The molecule has 0 aromatic carbocycles. The Morgan fingerprint density at radius 1 is 1.24 bits per heavy atom. The molecule has 2 heterocycles. The molecule has 0 aliphatic carbocycles. The lowest BCUT2D eigenvalue weighted by Crippen LogP contribution is -2.47. The van der Waals surface area contributed by atoms with E-state index in [0.29, 0.717) is 0 Å². The Kier molecular flexibility index (Phi) is 6.57. The number of alkyl halides is 1. The van der Waals surface area contributed by atoms with Crippen LogP contribution in [0, 0.1) is 5.92 Å². The van der Waals surface area contributed by atoms with E-state index in [1.807, 2.05) is 4.98 Å². The fourth-order valence-electron chi connectivity index (χ4n) is 2.67. The lowest BCUT2D eigenvalue weighted by atomic mass is 10.1. The molecule has 0 amide bonds. The number of carbonyl (C=O) groups is 3. The molecule has 1 aliphatic rings. The summed E-state index contributed by atoms with van der Waals surface area (Å²) in [6, 6.07) is 0.966. The molecule has 1 aromatic rings. The van der Waals surface area contributed by atoms with Gasteiger partial charge in [0.1, 0.15) is 0 Å². The second kappa shape index (κ2) is 8.55. The van der Waals surface area contributed by atoms with Gasteiger partial charge in [-0.2, -0.15) is 0 Å². The number of H-pyrrole nitrogens is 1. The van der Waals surface area contributed by atoms with Crippen molar-refractivity contribution >= 4 is 17.9 Å². The van der Waals surface area contributed by atoms with Crippen molar-refractivity contribution in [2.24, 2.45) is 5.92 Å². The molecule has 11 nitrogen and oxygen atoms in total. The number of nitrogens with one attached hydrogen (secondary N) is 1. The molecule has 1 N–H and O–H groups in total. The normalized spacial score (nSPS) is 26.2. The van der Waals surface area contributed by atoms with Crippen molar-refractivity contribution in [1.29, 1.82) is 0 Å². The van der Waals surface area contributed by atoms with E-state index in [2.05, 4.69) is 0 Å². The Hall–Kier alpha value is -3.02. The molecule has 0 saturated carbocycles. The summed E-state index contributed by atoms with van der Waals surface area (Å²) in [6.45, 7) is 4.07. The molecule has 29 heavy (non-hydrogen) atoms. The number of hydrogen-bond acceptors (Lipinski definition) is 9. The van der Waals surface area contributed by atoms with Gasteiger partial charge in [0, 0.05) is 26.1 Å². The number of ether oxygens (including phenoxy) is 4. The molecule has 0 spiro atoms. The third kappa shape index (κ3) is 5.08. The highest BCUT2D eigenvalue weighted by Gasteiger charge is 2.62. The number of esters is 3. The van der Waals surface area contributed by atoms with Crippen LogP contribution < -0.4 is 11.2 Å². The van der Waals surface area contributed by atoms with E-state index < -0.39 is 66.0 Å². The van der Waals surface area contributed by atoms with Crippen LogP contribution in [0.1, 0.15) is 33.9 Å². The number of halogens is 1. The van der Waals surface area contributed by atoms with Crippen LogP contribution in [0.25, 0.3) is 0 Å². The lowest BCUT2D eigenvalue weighted by molar-refractivity contribution is -0.224. The van der Waals surface area contributed by atoms with Gasteiger partial charge in [-0.3, -0.25) is 28.7 Å². The van der Waals surface area contributed by atoms with E-state index in [1.54, 1.807) is 0 Å². The van der Waals surface area contributed by atoms with Crippen LogP contribution >= 0.6 is 0 Å². The van der Waals surface area contributed by atoms with Crippen molar-refractivity contribution in [2.75, 3.05) is 6.61 Å². The zero-order valence-electron chi connectivity index (χ0n) is 16.2. The molecule has 0 bridgehead atoms. The van der Waals surface area contributed by atoms with Gasteiger partial charge in [0.15, 0.2) is 18.9 Å². The summed E-state index contributed by atoms with van der Waals surface area (Å²) in [6.07, 6.45) is -4.08. The van der Waals surface area contributed by atoms with Gasteiger partial charge in [0.25, 0.3) is 11.4 Å². The van der Waals surface area contributed by atoms with Gasteiger partial charge in [0.2, 0.25) is 6.10 Å². The first kappa shape index (κ1) is 22.3. The van der Waals surface area contributed by atoms with E-state index in [0.717, 1.165) is 30.7 Å². The summed E-state index contributed by atoms with van der Waals surface area (Å²) in [7, 11) is 0. The molecule has 1 fully saturated rings. The van der Waals surface area contributed by atoms with Crippen LogP contribution in [-0.2, 0) is 33.3 Å². The third-order valence-corrected chi connectivity index (χ3v) is 3.92. The number of aromatic nitrogens is 2. The zero-order chi connectivity index (χ0) is 21.9. The largest absolute Gasteiger partial charge is 0.459 e. The van der Waals surface area contributed by atoms with E-state index in [1.165, 1.54) is 13.8 Å². The molecule has 0 radical (unpaired) electrons. The fraction of sp³-hybridized carbons (Fsp3) is 0.588. The summed E-state index contributed by atoms with van der Waals surface area (Å²) >= 11 is 0. The highest BCUT2D eigenvalue weighted by Crippen LogP contribution is 2.41. The minimum atomic E-state index is -2.93. The monoisotopic (exact) mass is 416 g/mol. The van der Waals surface area contributed by atoms with Gasteiger partial charge in [0.05, 0.1) is 5.92 Å². The Morgan fingerprint density at radius 2 is 1.86 bits per heavy atom. The molecule has 1 aromatic heterocycles. The van der Waals surface area contributed by atoms with Gasteiger partial charge >= 0.3 is 23.6 Å². The third-order valence-electron chi connectivity index (χ3n) is 3.92. The first-order valence-electron chi connectivity index (χ1n) is 8.64. The van der Waals surface area contributed by atoms with Crippen LogP contribution in [0.3, 0.4) is 0 Å². The average Bonchev–Trinajstić information content (AvgIpc) is 2.85. The number of aromatic amines is 1. The molecular weight excluding hydrogens is 395 g/mol. The van der Waals surface area contributed by atoms with Crippen molar-refractivity contribution in [1.82, 2.24) is 9.55 Å². The molecule has 1 aliphatic heterocycles. The first-order valence-corrected chi connectivity index (χ1v) is 8.64. The SMILES string of the molecule is CC(=O)O[C@H]1[C@H](n2ccc(=O)[nH]c2=O)O[C@](F)(COC(=O)C(C)C)[C@H]1OC(C)=O. The topological polar surface area (TPSA) is 143 Å². The minimum absolute atomic E-state index is 0.575. The molecule has 2 rings (SSSR count). The average molecular weight is 416 g/mol. The summed E-state index contributed by atoms with van der Waals surface area (Å²) in [5.41, 5.74) is -1.70. The predicted molar refractivity (Wildman–Crippen MR) is 92.2 cm³/mol. The minimum Gasteiger partial charge on any atom is -0.459 e. The predicted octanol–water partition coefficient (Wildman–Crippen LogP) is -0.206. The van der Waals surface area contributed by atoms with E-state index in [9.17, 15) is 24.0 Å². The number of nitrogens with zero attached hydrogens (tertiary/aromatic N) is 1. The Morgan fingerprint density at radius 3 is 2.38 bits per heavy atom. The van der Waals surface area contributed by atoms with Crippen LogP contribution in [0.5, 0.6) is 0 Å². The van der Waals surface area contributed by atoms with Crippen LogP contribution in [0.2, 0.25) is 0 Å². The van der Waals surface area contributed by atoms with Gasteiger partial charge in [-0.05, 0) is 0 Å². The molecular formula is C17H21FN2O9. The maximum atomic E-state index is 15.7. The second-order valence-electron chi connectivity index (χ2n) is 6.68. The summed E-state index contributed by atoms with van der Waals surface area (Å²) in [4.78, 5) is 60.2. The molecule has 160 valence electrons. The molecule has 0 unspecified atom stereocenters. The van der Waals surface area contributed by atoms with Gasteiger partial charge < -0.3 is 18.9 Å². The summed E-state index contributed by atoms with van der Waals surface area (Å²) < 4.78 is 36.5. The van der Waals surface area contributed by atoms with E-state index in [4.69, 9.17) is 18.9 Å². The smallest absolute Gasteiger partial charge is 0.330 e. The summed E-state index contributed by atoms with van der Waals surface area (Å²) in [5.74, 6) is -6.06. The maximum Gasteiger partial charge on any atom is 0.330 e. The summed E-state index contributed by atoms with van der Waals surface area (Å²) in [5, 5.41) is 0. The van der Waals surface area contributed by atoms with Crippen molar-refractivity contribution in [3.63, 3.8) is 0 Å². The number of carbonyl (C=O) groups excluding carboxylic acids is 3. The lowest BCUT2D eigenvalue weighted by Gasteiger charge is -2.26. The van der Waals surface area contributed by atoms with Crippen LogP contribution in [0.15, 0.2) is 21.9 Å². The Labute approximate surface area is 163 Å². The van der Waals surface area contributed by atoms with Crippen LogP contribution in [0.4, 0.5) is 4.39 Å². The Balaban J connectivity index is 2.48. The van der Waals surface area contributed by atoms with E-state index in [-0.39, 0.29) is 0 Å². The van der Waals surface area contributed by atoms with Crippen molar-refractivity contribution < 1.29 is 37.7 Å². The fourth-order valence-corrected chi connectivity index (χ4v) is 2.67. The number of rotatable bonds is 6. The van der Waals surface area contributed by atoms with Crippen molar-refractivity contribution in [3.05, 3.63) is 33.1 Å². The first-order chi connectivity index (χ1) is 13.4. The van der Waals surface area contributed by atoms with E-state index >= 15 is 4.39 Å². The highest BCUT2D eigenvalue weighted by atomic mass is 19.2. The quantitative estimate of drug-likeness (QED) is 0.492. The van der Waals surface area contributed by atoms with Crippen LogP contribution in [-0.4, -0.2) is 52.1 Å². The maximum absolute atomic E-state index is 15.7. The number of hydrogen-bond donors (Lipinski definition) is 1.